The molecule has 226 valence electrons. The second-order valence-electron chi connectivity index (χ2n) is 10.3. The Bertz CT molecular complexity index is 1080. The van der Waals surface area contributed by atoms with Crippen LogP contribution in [0.4, 0.5) is 37.7 Å². The van der Waals surface area contributed by atoms with Crippen molar-refractivity contribution < 1.29 is 41.0 Å². The van der Waals surface area contributed by atoms with Gasteiger partial charge in [-0.2, -0.15) is 13.2 Å². The van der Waals surface area contributed by atoms with E-state index in [9.17, 15) is 26.3 Å². The van der Waals surface area contributed by atoms with E-state index in [2.05, 4.69) is 0 Å². The number of benzene rings is 2. The van der Waals surface area contributed by atoms with E-state index in [4.69, 9.17) is 14.6 Å². The highest BCUT2D eigenvalue weighted by Crippen LogP contribution is 2.49. The summed E-state index contributed by atoms with van der Waals surface area (Å²) in [5, 5.41) is 6.89. The zero-order valence-corrected chi connectivity index (χ0v) is 24.6. The van der Waals surface area contributed by atoms with E-state index in [0.29, 0.717) is 10.6 Å². The predicted molar refractivity (Wildman–Crippen MR) is 147 cm³/mol. The Morgan fingerprint density at radius 2 is 1.68 bits per heavy atom. The molecule has 1 heterocycles. The first-order valence-electron chi connectivity index (χ1n) is 12.7. The summed E-state index contributed by atoms with van der Waals surface area (Å²) in [5.74, 6) is -0.778. The van der Waals surface area contributed by atoms with Crippen molar-refractivity contribution in [2.75, 3.05) is 25.1 Å². The van der Waals surface area contributed by atoms with E-state index in [1.807, 2.05) is 34.6 Å². The first kappa shape index (κ1) is 35.4. The Hall–Kier alpha value is -2.60. The summed E-state index contributed by atoms with van der Waals surface area (Å²) in [6.45, 7) is 11.3. The number of carbonyl (C=O) groups is 1. The van der Waals surface area contributed by atoms with Gasteiger partial charge in [0.1, 0.15) is 11.6 Å². The highest BCUT2D eigenvalue weighted by Gasteiger charge is 2.41. The lowest BCUT2D eigenvalue weighted by Gasteiger charge is -2.39. The Morgan fingerprint density at radius 1 is 1.12 bits per heavy atom. The molecule has 0 radical (unpaired) electrons. The molecule has 3 rings (SSSR count). The van der Waals surface area contributed by atoms with Crippen molar-refractivity contribution in [2.45, 2.75) is 77.4 Å². The van der Waals surface area contributed by atoms with Gasteiger partial charge in [-0.3, -0.25) is 4.79 Å². The number of fused-ring (bicyclic) bond motifs is 1. The highest BCUT2D eigenvalue weighted by atomic mass is 32.2. The minimum Gasteiger partial charge on any atom is -0.492 e. The Balaban J connectivity index is 0.00000150. The minimum absolute atomic E-state index is 0.0726. The average Bonchev–Trinajstić information content (AvgIpc) is 2.96. The molecule has 2 aromatic rings. The zero-order chi connectivity index (χ0) is 30.9. The monoisotopic (exact) mass is 596 g/mol. The summed E-state index contributed by atoms with van der Waals surface area (Å²) in [7, 11) is 1.74. The van der Waals surface area contributed by atoms with E-state index in [1.54, 1.807) is 23.2 Å². The zero-order valence-electron chi connectivity index (χ0n) is 23.8. The molecule has 0 fully saturated rings. The smallest absolute Gasteiger partial charge is 0.420 e. The van der Waals surface area contributed by atoms with Gasteiger partial charge in [-0.15, -0.1) is 0 Å². The maximum absolute atomic E-state index is 14.1. The van der Waals surface area contributed by atoms with Gasteiger partial charge in [-0.1, -0.05) is 34.6 Å². The van der Waals surface area contributed by atoms with Crippen LogP contribution in [0.15, 0.2) is 41.3 Å². The van der Waals surface area contributed by atoms with Gasteiger partial charge in [-0.05, 0) is 74.2 Å². The molecule has 0 amide bonds. The number of anilines is 2. The van der Waals surface area contributed by atoms with E-state index in [0.717, 1.165) is 6.07 Å². The molecular weight excluding hydrogens is 558 g/mol. The lowest BCUT2D eigenvalue weighted by Crippen LogP contribution is -2.47. The van der Waals surface area contributed by atoms with Gasteiger partial charge in [0.05, 0.1) is 22.8 Å². The first-order valence-corrected chi connectivity index (χ1v) is 13.5. The maximum atomic E-state index is 14.1. The Labute approximate surface area is 236 Å². The number of rotatable bonds is 6. The van der Waals surface area contributed by atoms with Crippen LogP contribution in [0, 0.1) is 11.2 Å². The number of ether oxygens (including phenoxy) is 1. The van der Waals surface area contributed by atoms with Crippen LogP contribution in [0.5, 0.6) is 5.75 Å². The van der Waals surface area contributed by atoms with Gasteiger partial charge in [0.2, 0.25) is 6.43 Å². The van der Waals surface area contributed by atoms with Crippen LogP contribution in [-0.2, 0) is 11.0 Å². The Morgan fingerprint density at radius 3 is 2.15 bits per heavy atom. The van der Waals surface area contributed by atoms with Crippen molar-refractivity contribution in [3.63, 3.8) is 0 Å². The fourth-order valence-corrected chi connectivity index (χ4v) is 4.85. The topological polar surface area (TPSA) is 53.0 Å². The van der Waals surface area contributed by atoms with Crippen LogP contribution >= 0.6 is 11.9 Å². The molecular formula is C28H38F6N2O3S. The number of hydrogen-bond donors (Lipinski definition) is 1. The van der Waals surface area contributed by atoms with Gasteiger partial charge in [0.15, 0.2) is 0 Å². The van der Waals surface area contributed by atoms with Crippen molar-refractivity contribution in [1.29, 1.82) is 0 Å². The van der Waals surface area contributed by atoms with Gasteiger partial charge in [0, 0.05) is 24.2 Å². The molecule has 40 heavy (non-hydrogen) atoms. The SMILES string of the molecule is CC.CN1Sc2cc(OCC(C)(C)C)c(C(F)(F)F)cc2N(c2ccc(F)cc2)CC1(C)CCC(F)F.O=CO. The summed E-state index contributed by atoms with van der Waals surface area (Å²) in [6.07, 6.45) is -7.44. The summed E-state index contributed by atoms with van der Waals surface area (Å²) in [6, 6.07) is 7.79. The summed E-state index contributed by atoms with van der Waals surface area (Å²) in [5.41, 5.74) is -1.40. The predicted octanol–water partition coefficient (Wildman–Crippen LogP) is 8.89. The number of nitrogens with zero attached hydrogens (tertiary/aromatic N) is 2. The van der Waals surface area contributed by atoms with Crippen LogP contribution < -0.4 is 9.64 Å². The summed E-state index contributed by atoms with van der Waals surface area (Å²) >= 11 is 1.19. The molecule has 1 aliphatic rings. The molecule has 0 saturated carbocycles. The Kier molecular flexibility index (Phi) is 13.2. The largest absolute Gasteiger partial charge is 0.492 e. The van der Waals surface area contributed by atoms with Crippen LogP contribution in [0.25, 0.3) is 0 Å². The van der Waals surface area contributed by atoms with E-state index >= 15 is 0 Å². The summed E-state index contributed by atoms with van der Waals surface area (Å²) < 4.78 is 89.6. The third kappa shape index (κ3) is 10.1. The molecule has 12 heteroatoms. The van der Waals surface area contributed by atoms with Gasteiger partial charge in [-0.25, -0.2) is 17.5 Å². The third-order valence-corrected chi connectivity index (χ3v) is 7.09. The third-order valence-electron chi connectivity index (χ3n) is 5.85. The number of hydrogen-bond acceptors (Lipinski definition) is 5. The fraction of sp³-hybridized carbons (Fsp3) is 0.536. The molecule has 0 saturated heterocycles. The van der Waals surface area contributed by atoms with Crippen molar-refractivity contribution >= 4 is 29.8 Å². The molecule has 1 N–H and O–H groups in total. The molecule has 5 nitrogen and oxygen atoms in total. The molecule has 1 unspecified atom stereocenters. The molecule has 1 atom stereocenters. The number of likely N-dealkylation sites (N-methyl/N-ethyl adjacent to an activating group) is 1. The molecule has 0 aliphatic carbocycles. The van der Waals surface area contributed by atoms with Crippen LogP contribution in [0.2, 0.25) is 0 Å². The van der Waals surface area contributed by atoms with E-state index in [1.165, 1.54) is 42.3 Å². The molecule has 1 aliphatic heterocycles. The van der Waals surface area contributed by atoms with E-state index in [-0.39, 0.29) is 49.3 Å². The second-order valence-corrected chi connectivity index (χ2v) is 11.5. The molecule has 2 aromatic carbocycles. The van der Waals surface area contributed by atoms with Crippen molar-refractivity contribution in [3.8, 4) is 5.75 Å². The molecule has 0 aromatic heterocycles. The number of halogens is 6. The van der Waals surface area contributed by atoms with Crippen molar-refractivity contribution in [2.24, 2.45) is 5.41 Å². The molecule has 0 spiro atoms. The number of carboxylic acid groups (broad SMARTS) is 1. The number of alkyl halides is 5. The van der Waals surface area contributed by atoms with Crippen LogP contribution in [0.3, 0.4) is 0 Å². The molecule has 0 bridgehead atoms. The standard InChI is InChI=1S/C25H30F6N2OS.C2H6.CH2O2/c1-23(2,3)15-34-20-13-21-19(12-18(20)25(29,30)31)33(17-8-6-16(26)7-9-17)14-24(4,32(5)35-21)11-10-22(27)28;1-2;2-1-3/h6-9,12-13,22H,10-11,14-15H2,1-5H3;1-2H3;1H,(H,2,3). The van der Waals surface area contributed by atoms with Crippen LogP contribution in [-0.4, -0.2) is 48.0 Å². The van der Waals surface area contributed by atoms with Gasteiger partial charge >= 0.3 is 6.18 Å². The normalized spacial score (nSPS) is 17.6. The van der Waals surface area contributed by atoms with Crippen molar-refractivity contribution in [3.05, 3.63) is 47.8 Å². The first-order chi connectivity index (χ1) is 18.5. The second kappa shape index (κ2) is 14.9. The lowest BCUT2D eigenvalue weighted by atomic mass is 9.94. The highest BCUT2D eigenvalue weighted by molar-refractivity contribution is 7.97. The lowest BCUT2D eigenvalue weighted by molar-refractivity contribution is -0.139. The van der Waals surface area contributed by atoms with Crippen molar-refractivity contribution in [1.82, 2.24) is 4.31 Å². The van der Waals surface area contributed by atoms with E-state index < -0.39 is 29.5 Å². The van der Waals surface area contributed by atoms with Crippen LogP contribution in [0.1, 0.15) is 59.9 Å². The fourth-order valence-electron chi connectivity index (χ4n) is 3.76. The van der Waals surface area contributed by atoms with Gasteiger partial charge < -0.3 is 14.7 Å². The summed E-state index contributed by atoms with van der Waals surface area (Å²) in [4.78, 5) is 10.5. The van der Waals surface area contributed by atoms with Gasteiger partial charge in [0.25, 0.3) is 6.47 Å². The quantitative estimate of drug-likeness (QED) is 0.204. The minimum atomic E-state index is -4.68. The average molecular weight is 597 g/mol. The maximum Gasteiger partial charge on any atom is 0.420 e.